The molecule has 230 valence electrons. The van der Waals surface area contributed by atoms with Gasteiger partial charge in [-0.05, 0) is 71.8 Å². The summed E-state index contributed by atoms with van der Waals surface area (Å²) in [6.07, 6.45) is 0. The molecule has 2 heterocycles. The minimum Gasteiger partial charge on any atom is -0.309 e. The van der Waals surface area contributed by atoms with Crippen molar-refractivity contribution < 1.29 is 0 Å². The predicted molar refractivity (Wildman–Crippen MR) is 200 cm³/mol. The number of para-hydroxylation sites is 4. The zero-order valence-electron chi connectivity index (χ0n) is 26.7. The number of aromatic nitrogens is 2. The number of nitriles is 3. The Morgan fingerprint density at radius 2 is 1.00 bits per heavy atom. The maximum absolute atomic E-state index is 10.5. The van der Waals surface area contributed by atoms with Crippen LogP contribution in [0, 0.1) is 34.0 Å². The summed E-state index contributed by atoms with van der Waals surface area (Å²) in [5.41, 5.74) is 10.8. The average Bonchev–Trinajstić information content (AvgIpc) is 3.70. The molecule has 0 fully saturated rings. The Labute approximate surface area is 287 Å². The van der Waals surface area contributed by atoms with Gasteiger partial charge in [-0.2, -0.15) is 15.8 Å². The lowest BCUT2D eigenvalue weighted by molar-refractivity contribution is 1.18. The molecule has 9 aromatic rings. The quantitative estimate of drug-likeness (QED) is 0.193. The molecular weight excluding hydrogens is 611 g/mol. The second-order valence-electron chi connectivity index (χ2n) is 12.3. The van der Waals surface area contributed by atoms with E-state index < -0.39 is 0 Å². The normalized spacial score (nSPS) is 11.1. The Kier molecular flexibility index (Phi) is 6.56. The average molecular weight is 636 g/mol. The first-order valence-electron chi connectivity index (χ1n) is 16.3. The van der Waals surface area contributed by atoms with Crippen LogP contribution in [-0.2, 0) is 0 Å². The molecule has 0 bridgehead atoms. The van der Waals surface area contributed by atoms with Crippen LogP contribution in [0.3, 0.4) is 0 Å². The monoisotopic (exact) mass is 635 g/mol. The van der Waals surface area contributed by atoms with Gasteiger partial charge in [0.25, 0.3) is 0 Å². The van der Waals surface area contributed by atoms with Crippen LogP contribution < -0.4 is 0 Å². The molecular formula is C45H25N5. The van der Waals surface area contributed by atoms with E-state index in [4.69, 9.17) is 0 Å². The second-order valence-corrected chi connectivity index (χ2v) is 12.3. The van der Waals surface area contributed by atoms with E-state index in [1.165, 1.54) is 10.8 Å². The number of hydrogen-bond donors (Lipinski definition) is 0. The molecule has 2 aromatic heterocycles. The molecule has 0 saturated heterocycles. The molecule has 5 heteroatoms. The summed E-state index contributed by atoms with van der Waals surface area (Å²) in [6, 6.07) is 57.9. The van der Waals surface area contributed by atoms with E-state index in [1.54, 1.807) is 6.07 Å². The van der Waals surface area contributed by atoms with Gasteiger partial charge < -0.3 is 9.13 Å². The minimum atomic E-state index is 0.334. The number of hydrogen-bond acceptors (Lipinski definition) is 3. The minimum absolute atomic E-state index is 0.334. The third-order valence-corrected chi connectivity index (χ3v) is 9.67. The molecule has 9 rings (SSSR count). The molecule has 0 unspecified atom stereocenters. The predicted octanol–water partition coefficient (Wildman–Crippen LogP) is 10.8. The number of rotatable bonds is 4. The van der Waals surface area contributed by atoms with Crippen LogP contribution in [0.5, 0.6) is 0 Å². The van der Waals surface area contributed by atoms with Crippen molar-refractivity contribution in [2.75, 3.05) is 0 Å². The largest absolute Gasteiger partial charge is 0.309 e. The topological polar surface area (TPSA) is 81.2 Å². The van der Waals surface area contributed by atoms with E-state index in [0.29, 0.717) is 22.3 Å². The lowest BCUT2D eigenvalue weighted by atomic mass is 9.87. The van der Waals surface area contributed by atoms with Crippen molar-refractivity contribution in [2.24, 2.45) is 0 Å². The Bertz CT molecular complexity index is 2900. The summed E-state index contributed by atoms with van der Waals surface area (Å²) in [6.45, 7) is 0. The van der Waals surface area contributed by atoms with Crippen LogP contribution in [0.1, 0.15) is 16.7 Å². The van der Waals surface area contributed by atoms with Crippen LogP contribution in [0.15, 0.2) is 152 Å². The van der Waals surface area contributed by atoms with Gasteiger partial charge >= 0.3 is 0 Å². The fraction of sp³-hybridized carbons (Fsp3) is 0. The zero-order chi connectivity index (χ0) is 33.8. The van der Waals surface area contributed by atoms with Crippen LogP contribution in [0.25, 0.3) is 77.2 Å². The Morgan fingerprint density at radius 3 is 1.64 bits per heavy atom. The van der Waals surface area contributed by atoms with Crippen molar-refractivity contribution >= 4 is 43.6 Å². The summed E-state index contributed by atoms with van der Waals surface area (Å²) < 4.78 is 4.49. The Morgan fingerprint density at radius 1 is 0.420 bits per heavy atom. The third kappa shape index (κ3) is 4.24. The molecule has 7 aromatic carbocycles. The maximum atomic E-state index is 10.5. The van der Waals surface area contributed by atoms with E-state index >= 15 is 0 Å². The lowest BCUT2D eigenvalue weighted by Gasteiger charge is -2.19. The highest BCUT2D eigenvalue weighted by Gasteiger charge is 2.21. The first kappa shape index (κ1) is 28.8. The number of fused-ring (bicyclic) bond motifs is 6. The number of nitrogens with zero attached hydrogens (tertiary/aromatic N) is 5. The summed E-state index contributed by atoms with van der Waals surface area (Å²) >= 11 is 0. The SMILES string of the molecule is N#Cc1ccc2c(c1)c1ccccc1n2-c1ccc(-c2c(-c3ccccc3-n3c4ccccc4c4ccccc43)ccc(C#N)c2C#N)cc1. The van der Waals surface area contributed by atoms with E-state index in [-0.39, 0.29) is 0 Å². The lowest BCUT2D eigenvalue weighted by Crippen LogP contribution is -2.00. The van der Waals surface area contributed by atoms with Crippen molar-refractivity contribution in [3.63, 3.8) is 0 Å². The van der Waals surface area contributed by atoms with Gasteiger partial charge in [0, 0.05) is 38.4 Å². The van der Waals surface area contributed by atoms with Crippen LogP contribution in [0.4, 0.5) is 0 Å². The standard InChI is InChI=1S/C45H25N5/c46-26-29-17-24-44-38(25-29)36-12-4-5-13-40(36)49(44)32-21-18-30(19-22-32)45-37(23-20-31(27-47)39(45)28-48)35-11-3-8-16-43(35)50-41-14-6-1-9-33(41)34-10-2-7-15-42(34)50/h1-25H. The molecule has 0 spiro atoms. The van der Waals surface area contributed by atoms with Crippen molar-refractivity contribution in [1.82, 2.24) is 9.13 Å². The fourth-order valence-electron chi connectivity index (χ4n) is 7.51. The number of benzene rings is 7. The van der Waals surface area contributed by atoms with Gasteiger partial charge in [-0.25, -0.2) is 0 Å². The Balaban J connectivity index is 1.27. The molecule has 0 radical (unpaired) electrons. The first-order valence-corrected chi connectivity index (χ1v) is 16.3. The van der Waals surface area contributed by atoms with E-state index in [9.17, 15) is 15.8 Å². The first-order chi connectivity index (χ1) is 24.7. The summed E-state index contributed by atoms with van der Waals surface area (Å²) in [5, 5.41) is 34.7. The molecule has 0 N–H and O–H groups in total. The van der Waals surface area contributed by atoms with Gasteiger partial charge in [0.2, 0.25) is 0 Å². The van der Waals surface area contributed by atoms with Crippen LogP contribution in [0.2, 0.25) is 0 Å². The highest BCUT2D eigenvalue weighted by atomic mass is 15.0. The summed E-state index contributed by atoms with van der Waals surface area (Å²) in [4.78, 5) is 0. The van der Waals surface area contributed by atoms with Crippen molar-refractivity contribution in [3.05, 3.63) is 168 Å². The van der Waals surface area contributed by atoms with Crippen molar-refractivity contribution in [1.29, 1.82) is 15.8 Å². The third-order valence-electron chi connectivity index (χ3n) is 9.67. The fourth-order valence-corrected chi connectivity index (χ4v) is 7.51. The van der Waals surface area contributed by atoms with Gasteiger partial charge in [-0.3, -0.25) is 0 Å². The molecule has 0 aliphatic heterocycles. The van der Waals surface area contributed by atoms with Gasteiger partial charge in [0.05, 0.1) is 50.5 Å². The zero-order valence-corrected chi connectivity index (χ0v) is 26.7. The second kappa shape index (κ2) is 11.4. The molecule has 50 heavy (non-hydrogen) atoms. The molecule has 0 saturated carbocycles. The van der Waals surface area contributed by atoms with Crippen molar-refractivity contribution in [3.8, 4) is 51.8 Å². The van der Waals surface area contributed by atoms with Crippen molar-refractivity contribution in [2.45, 2.75) is 0 Å². The summed E-state index contributed by atoms with van der Waals surface area (Å²) in [7, 11) is 0. The van der Waals surface area contributed by atoms with E-state index in [2.05, 4.69) is 112 Å². The molecule has 0 amide bonds. The highest BCUT2D eigenvalue weighted by Crippen LogP contribution is 2.42. The van der Waals surface area contributed by atoms with Gasteiger partial charge in [-0.15, -0.1) is 0 Å². The van der Waals surface area contributed by atoms with E-state index in [1.807, 2.05) is 60.7 Å². The summed E-state index contributed by atoms with van der Waals surface area (Å²) in [5.74, 6) is 0. The molecule has 5 nitrogen and oxygen atoms in total. The van der Waals surface area contributed by atoms with Gasteiger partial charge in [0.15, 0.2) is 0 Å². The van der Waals surface area contributed by atoms with Crippen LogP contribution in [-0.4, -0.2) is 9.13 Å². The molecule has 0 atom stereocenters. The molecule has 0 aliphatic rings. The van der Waals surface area contributed by atoms with Crippen LogP contribution >= 0.6 is 0 Å². The highest BCUT2D eigenvalue weighted by molar-refractivity contribution is 6.11. The molecule has 0 aliphatic carbocycles. The Hall–Kier alpha value is -7.39. The smallest absolute Gasteiger partial charge is 0.101 e. The van der Waals surface area contributed by atoms with Gasteiger partial charge in [-0.1, -0.05) is 91.0 Å². The van der Waals surface area contributed by atoms with E-state index in [0.717, 1.165) is 60.9 Å². The maximum Gasteiger partial charge on any atom is 0.101 e. The van der Waals surface area contributed by atoms with Gasteiger partial charge in [0.1, 0.15) is 12.1 Å².